The topological polar surface area (TPSA) is 134 Å². The van der Waals surface area contributed by atoms with Crippen LogP contribution in [0.3, 0.4) is 0 Å². The Hall–Kier alpha value is -1.94. The molecule has 0 aromatic carbocycles. The van der Waals surface area contributed by atoms with Crippen molar-refractivity contribution < 1.29 is 17.9 Å². The third-order valence-corrected chi connectivity index (χ3v) is 5.24. The van der Waals surface area contributed by atoms with E-state index in [0.29, 0.717) is 5.56 Å². The molecule has 0 spiro atoms. The molecule has 0 saturated heterocycles. The Morgan fingerprint density at radius 3 is 2.72 bits per heavy atom. The van der Waals surface area contributed by atoms with Crippen LogP contribution in [-0.2, 0) is 26.3 Å². The third kappa shape index (κ3) is 5.82. The Kier molecular flexibility index (Phi) is 7.56. The lowest BCUT2D eigenvalue weighted by atomic mass is 10.3. The first-order valence-electron chi connectivity index (χ1n) is 7.12. The number of thioether (sulfide) groups is 1. The van der Waals surface area contributed by atoms with E-state index >= 15 is 0 Å². The number of aryl methyl sites for hydroxylation is 1. The van der Waals surface area contributed by atoms with E-state index in [1.165, 1.54) is 20.3 Å². The maximum Gasteiger partial charge on any atom is 0.348 e. The smallest absolute Gasteiger partial charge is 0.348 e. The first-order chi connectivity index (χ1) is 11.6. The first kappa shape index (κ1) is 21.1. The lowest BCUT2D eigenvalue weighted by Crippen LogP contribution is -2.49. The van der Waals surface area contributed by atoms with Crippen LogP contribution < -0.4 is 10.4 Å². The Bertz CT molecular complexity index is 828. The van der Waals surface area contributed by atoms with Crippen molar-refractivity contribution in [3.8, 4) is 5.40 Å². The molecule has 1 atom stereocenters. The monoisotopic (exact) mass is 389 g/mol. The van der Waals surface area contributed by atoms with Gasteiger partial charge in [0.1, 0.15) is 16.5 Å². The summed E-state index contributed by atoms with van der Waals surface area (Å²) in [5, 5.41) is 10.8. The van der Waals surface area contributed by atoms with Crippen molar-refractivity contribution in [1.82, 2.24) is 18.6 Å². The van der Waals surface area contributed by atoms with E-state index < -0.39 is 27.9 Å². The van der Waals surface area contributed by atoms with E-state index in [-0.39, 0.29) is 18.2 Å². The first-order valence-corrected chi connectivity index (χ1v) is 9.38. The summed E-state index contributed by atoms with van der Waals surface area (Å²) in [5.41, 5.74) is -0.161. The molecule has 1 heterocycles. The van der Waals surface area contributed by atoms with Crippen LogP contribution in [-0.4, -0.2) is 55.0 Å². The Balaban J connectivity index is 3.18. The number of rotatable bonds is 8. The number of carbonyl (C=O) groups is 1. The van der Waals surface area contributed by atoms with Gasteiger partial charge >= 0.3 is 11.7 Å². The molecule has 0 radical (unpaired) electrons. The number of hydrogen-bond acceptors (Lipinski definition) is 8. The molecule has 10 nitrogen and oxygen atoms in total. The average Bonchev–Trinajstić information content (AvgIpc) is 2.51. The molecule has 1 aromatic rings. The summed E-state index contributed by atoms with van der Waals surface area (Å²) in [5.74, 6) is -0.812. The lowest BCUT2D eigenvalue weighted by Gasteiger charge is -2.20. The Morgan fingerprint density at radius 2 is 2.20 bits per heavy atom. The summed E-state index contributed by atoms with van der Waals surface area (Å²) in [6.45, 7) is 2.99. The second-order valence-electron chi connectivity index (χ2n) is 5.07. The zero-order valence-corrected chi connectivity index (χ0v) is 15.8. The minimum absolute atomic E-state index is 0.0585. The Labute approximate surface area is 150 Å². The van der Waals surface area contributed by atoms with Gasteiger partial charge in [0.2, 0.25) is 0 Å². The SMILES string of the molecule is CCOC(=O)[C@H](Cn1cc(C)c(SC#N)nc1=O)NS(=O)(=O)N(C)C. The predicted molar refractivity (Wildman–Crippen MR) is 90.9 cm³/mol. The van der Waals surface area contributed by atoms with Crippen LogP contribution in [0.1, 0.15) is 12.5 Å². The molecule has 1 aromatic heterocycles. The number of ether oxygens (including phenoxy) is 1. The highest BCUT2D eigenvalue weighted by Gasteiger charge is 2.28. The van der Waals surface area contributed by atoms with Crippen molar-refractivity contribution in [2.75, 3.05) is 20.7 Å². The fourth-order valence-corrected chi connectivity index (χ4v) is 2.91. The third-order valence-electron chi connectivity index (χ3n) is 2.99. The zero-order chi connectivity index (χ0) is 19.2. The minimum Gasteiger partial charge on any atom is -0.465 e. The molecule has 138 valence electrons. The standard InChI is InChI=1S/C13H19N5O5S2/c1-5-23-12(19)10(16-25(21,22)17(3)4)7-18-6-9(2)11(24-8-14)15-13(18)20/h6,10,16H,5,7H2,1-4H3/t10-/m0/s1. The van der Waals surface area contributed by atoms with E-state index in [9.17, 15) is 18.0 Å². The molecule has 0 bridgehead atoms. The second kappa shape index (κ2) is 8.95. The molecule has 1 rings (SSSR count). The fourth-order valence-electron chi connectivity index (χ4n) is 1.75. The van der Waals surface area contributed by atoms with Gasteiger partial charge in [0.05, 0.1) is 13.2 Å². The quantitative estimate of drug-likeness (QED) is 0.271. The largest absolute Gasteiger partial charge is 0.465 e. The predicted octanol–water partition coefficient (Wildman–Crippen LogP) is -0.547. The Morgan fingerprint density at radius 1 is 1.56 bits per heavy atom. The van der Waals surface area contributed by atoms with E-state index in [4.69, 9.17) is 10.00 Å². The van der Waals surface area contributed by atoms with Crippen LogP contribution in [0.25, 0.3) is 0 Å². The molecule has 0 aliphatic heterocycles. The second-order valence-corrected chi connectivity index (χ2v) is 7.76. The van der Waals surface area contributed by atoms with E-state index in [1.54, 1.807) is 13.8 Å². The summed E-state index contributed by atoms with van der Waals surface area (Å²) in [6, 6.07) is -1.30. The number of nitriles is 1. The van der Waals surface area contributed by atoms with Gasteiger partial charge < -0.3 is 4.74 Å². The van der Waals surface area contributed by atoms with Crippen molar-refractivity contribution in [2.24, 2.45) is 0 Å². The number of hydrogen-bond donors (Lipinski definition) is 1. The van der Waals surface area contributed by atoms with E-state index in [1.807, 2.05) is 5.40 Å². The zero-order valence-electron chi connectivity index (χ0n) is 14.2. The molecule has 0 fully saturated rings. The van der Waals surface area contributed by atoms with Crippen molar-refractivity contribution >= 4 is 27.9 Å². The van der Waals surface area contributed by atoms with Crippen LogP contribution in [0, 0.1) is 17.6 Å². The number of nitrogens with one attached hydrogen (secondary N) is 1. The van der Waals surface area contributed by atoms with Crippen LogP contribution in [0.4, 0.5) is 0 Å². The van der Waals surface area contributed by atoms with Crippen LogP contribution >= 0.6 is 11.8 Å². The molecular weight excluding hydrogens is 370 g/mol. The summed E-state index contributed by atoms with van der Waals surface area (Å²) >= 11 is 0.743. The summed E-state index contributed by atoms with van der Waals surface area (Å²) in [7, 11) is -1.32. The summed E-state index contributed by atoms with van der Waals surface area (Å²) in [6.07, 6.45) is 1.41. The lowest BCUT2D eigenvalue weighted by molar-refractivity contribution is -0.145. The molecule has 12 heteroatoms. The van der Waals surface area contributed by atoms with Crippen molar-refractivity contribution in [3.05, 3.63) is 22.2 Å². The minimum atomic E-state index is -3.92. The number of thiocyanates is 1. The summed E-state index contributed by atoms with van der Waals surface area (Å²) in [4.78, 5) is 27.9. The van der Waals surface area contributed by atoms with Crippen molar-refractivity contribution in [3.63, 3.8) is 0 Å². The van der Waals surface area contributed by atoms with Gasteiger partial charge in [-0.05, 0) is 19.4 Å². The van der Waals surface area contributed by atoms with E-state index in [0.717, 1.165) is 20.6 Å². The molecule has 0 unspecified atom stereocenters. The van der Waals surface area contributed by atoms with Crippen LogP contribution in [0.5, 0.6) is 0 Å². The van der Waals surface area contributed by atoms with Gasteiger partial charge in [0.25, 0.3) is 10.2 Å². The highest BCUT2D eigenvalue weighted by Crippen LogP contribution is 2.16. The van der Waals surface area contributed by atoms with Gasteiger partial charge in [-0.2, -0.15) is 27.7 Å². The van der Waals surface area contributed by atoms with Crippen molar-refractivity contribution in [2.45, 2.75) is 31.5 Å². The number of aromatic nitrogens is 2. The van der Waals surface area contributed by atoms with Gasteiger partial charge in [-0.15, -0.1) is 0 Å². The van der Waals surface area contributed by atoms with Crippen molar-refractivity contribution in [1.29, 1.82) is 5.26 Å². The maximum absolute atomic E-state index is 12.1. The molecule has 0 aliphatic rings. The molecule has 0 amide bonds. The molecule has 1 N–H and O–H groups in total. The maximum atomic E-state index is 12.1. The van der Waals surface area contributed by atoms with E-state index in [2.05, 4.69) is 9.71 Å². The highest BCUT2D eigenvalue weighted by molar-refractivity contribution is 8.03. The van der Waals surface area contributed by atoms with Gasteiger partial charge in [0.15, 0.2) is 0 Å². The van der Waals surface area contributed by atoms with Crippen LogP contribution in [0.15, 0.2) is 16.0 Å². The van der Waals surface area contributed by atoms with Crippen LogP contribution in [0.2, 0.25) is 0 Å². The van der Waals surface area contributed by atoms with Gasteiger partial charge in [-0.1, -0.05) is 0 Å². The van der Waals surface area contributed by atoms with Gasteiger partial charge in [0, 0.05) is 32.1 Å². The molecule has 0 aliphatic carbocycles. The number of carbonyl (C=O) groups excluding carboxylic acids is 1. The summed E-state index contributed by atoms with van der Waals surface area (Å²) < 4.78 is 33.0. The normalized spacial score (nSPS) is 12.6. The number of esters is 1. The number of nitrogens with zero attached hydrogens (tertiary/aromatic N) is 4. The highest BCUT2D eigenvalue weighted by atomic mass is 32.2. The molecule has 25 heavy (non-hydrogen) atoms. The van der Waals surface area contributed by atoms with Gasteiger partial charge in [-0.25, -0.2) is 4.79 Å². The molecular formula is C13H19N5O5S2. The fraction of sp³-hybridized carbons (Fsp3) is 0.538. The van der Waals surface area contributed by atoms with Gasteiger partial charge in [-0.3, -0.25) is 9.36 Å². The molecule has 0 saturated carbocycles. The average molecular weight is 389 g/mol.